The van der Waals surface area contributed by atoms with Crippen LogP contribution in [-0.2, 0) is 0 Å². The lowest BCUT2D eigenvalue weighted by molar-refractivity contribution is 0.0946. The summed E-state index contributed by atoms with van der Waals surface area (Å²) < 4.78 is 0. The second kappa shape index (κ2) is 4.27. The lowest BCUT2D eigenvalue weighted by Gasteiger charge is -2.18. The van der Waals surface area contributed by atoms with Crippen molar-refractivity contribution in [1.29, 1.82) is 0 Å². The van der Waals surface area contributed by atoms with E-state index in [0.29, 0.717) is 12.1 Å². The molecule has 0 radical (unpaired) electrons. The number of aromatic nitrogens is 1. The van der Waals surface area contributed by atoms with E-state index in [1.807, 2.05) is 13.8 Å². The molecule has 4 N–H and O–H groups in total. The summed E-state index contributed by atoms with van der Waals surface area (Å²) in [5, 5.41) is 2.65. The molecule has 0 aliphatic carbocycles. The Kier molecular flexibility index (Phi) is 3.26. The van der Waals surface area contributed by atoms with Gasteiger partial charge in [0.05, 0.1) is 0 Å². The van der Waals surface area contributed by atoms with Gasteiger partial charge >= 0.3 is 0 Å². The molecule has 0 saturated heterocycles. The summed E-state index contributed by atoms with van der Waals surface area (Å²) in [6.45, 7) is 3.98. The van der Waals surface area contributed by atoms with E-state index < -0.39 is 5.54 Å². The van der Waals surface area contributed by atoms with Crippen LogP contribution in [0, 0.1) is 0 Å². The van der Waals surface area contributed by atoms with Gasteiger partial charge in [-0.05, 0) is 19.9 Å². The molecule has 82 valence electrons. The van der Waals surface area contributed by atoms with Crippen LogP contribution in [0.15, 0.2) is 23.1 Å². The molecule has 0 atom stereocenters. The van der Waals surface area contributed by atoms with Crippen LogP contribution < -0.4 is 16.6 Å². The Morgan fingerprint density at radius 3 is 2.80 bits per heavy atom. The maximum Gasteiger partial charge on any atom is 0.251 e. The van der Waals surface area contributed by atoms with E-state index in [9.17, 15) is 9.59 Å². The fraction of sp³-hybridized carbons (Fsp3) is 0.400. The molecule has 5 heteroatoms. The van der Waals surface area contributed by atoms with Crippen LogP contribution in [0.4, 0.5) is 0 Å². The molecule has 0 saturated carbocycles. The number of rotatable bonds is 3. The highest BCUT2D eigenvalue weighted by atomic mass is 16.2. The number of hydrogen-bond donors (Lipinski definition) is 3. The highest BCUT2D eigenvalue weighted by molar-refractivity contribution is 5.93. The Morgan fingerprint density at radius 1 is 1.60 bits per heavy atom. The molecule has 0 fully saturated rings. The van der Waals surface area contributed by atoms with E-state index in [2.05, 4.69) is 10.3 Å². The van der Waals surface area contributed by atoms with Gasteiger partial charge in [-0.3, -0.25) is 9.59 Å². The standard InChI is InChI=1S/C10H15N3O2/c1-10(2,11)6-13-9(15)7-3-4-12-8(14)5-7/h3-5H,6,11H2,1-2H3,(H,12,14)(H,13,15). The predicted octanol–water partition coefficient (Wildman–Crippen LogP) is -0.158. The van der Waals surface area contributed by atoms with Crippen LogP contribution in [-0.4, -0.2) is 23.0 Å². The zero-order valence-corrected chi connectivity index (χ0v) is 8.83. The summed E-state index contributed by atoms with van der Waals surface area (Å²) in [5.74, 6) is -0.292. The first kappa shape index (κ1) is 11.5. The Balaban J connectivity index is 2.66. The minimum absolute atomic E-state index is 0.292. The van der Waals surface area contributed by atoms with E-state index >= 15 is 0 Å². The summed E-state index contributed by atoms with van der Waals surface area (Å²) in [6.07, 6.45) is 1.44. The topological polar surface area (TPSA) is 88.0 Å². The number of pyridine rings is 1. The van der Waals surface area contributed by atoms with Gasteiger partial charge in [0.25, 0.3) is 5.91 Å². The molecule has 0 unspecified atom stereocenters. The van der Waals surface area contributed by atoms with Crippen LogP contribution in [0.25, 0.3) is 0 Å². The number of carbonyl (C=O) groups is 1. The largest absolute Gasteiger partial charge is 0.350 e. The van der Waals surface area contributed by atoms with E-state index in [1.54, 1.807) is 6.07 Å². The third-order valence-electron chi connectivity index (χ3n) is 1.74. The Bertz CT molecular complexity index is 404. The number of nitrogens with two attached hydrogens (primary N) is 1. The van der Waals surface area contributed by atoms with Crippen molar-refractivity contribution < 1.29 is 4.79 Å². The van der Waals surface area contributed by atoms with Gasteiger partial charge in [0.2, 0.25) is 5.56 Å². The average molecular weight is 209 g/mol. The van der Waals surface area contributed by atoms with Crippen LogP contribution in [0.5, 0.6) is 0 Å². The molecule has 0 aromatic carbocycles. The summed E-state index contributed by atoms with van der Waals surface area (Å²) in [7, 11) is 0. The third-order valence-corrected chi connectivity index (χ3v) is 1.74. The zero-order valence-electron chi connectivity index (χ0n) is 8.83. The first-order valence-corrected chi connectivity index (χ1v) is 4.64. The van der Waals surface area contributed by atoms with Gasteiger partial charge in [0.15, 0.2) is 0 Å². The summed E-state index contributed by atoms with van der Waals surface area (Å²) in [4.78, 5) is 24.9. The van der Waals surface area contributed by atoms with Crippen LogP contribution in [0.2, 0.25) is 0 Å². The second-order valence-corrected chi connectivity index (χ2v) is 4.11. The van der Waals surface area contributed by atoms with Crippen LogP contribution in [0.3, 0.4) is 0 Å². The van der Waals surface area contributed by atoms with Gasteiger partial charge in [-0.1, -0.05) is 0 Å². The van der Waals surface area contributed by atoms with Gasteiger partial charge in [-0.2, -0.15) is 0 Å². The molecule has 1 aromatic rings. The fourth-order valence-corrected chi connectivity index (χ4v) is 0.996. The lowest BCUT2D eigenvalue weighted by atomic mass is 10.1. The molecular formula is C10H15N3O2. The van der Waals surface area contributed by atoms with Gasteiger partial charge < -0.3 is 16.0 Å². The molecule has 1 rings (SSSR count). The summed E-state index contributed by atoms with van der Waals surface area (Å²) in [6, 6.07) is 2.79. The Labute approximate surface area is 87.7 Å². The number of carbonyl (C=O) groups excluding carboxylic acids is 1. The smallest absolute Gasteiger partial charge is 0.251 e. The highest BCUT2D eigenvalue weighted by Crippen LogP contribution is 1.96. The monoisotopic (exact) mass is 209 g/mol. The van der Waals surface area contributed by atoms with Crippen molar-refractivity contribution in [3.05, 3.63) is 34.2 Å². The molecule has 1 aromatic heterocycles. The molecule has 1 amide bonds. The van der Waals surface area contributed by atoms with Crippen molar-refractivity contribution in [2.24, 2.45) is 5.73 Å². The first-order valence-electron chi connectivity index (χ1n) is 4.64. The molecule has 15 heavy (non-hydrogen) atoms. The lowest BCUT2D eigenvalue weighted by Crippen LogP contribution is -2.45. The number of amides is 1. The van der Waals surface area contributed by atoms with Crippen molar-refractivity contribution in [3.8, 4) is 0 Å². The van der Waals surface area contributed by atoms with Gasteiger partial charge in [-0.25, -0.2) is 0 Å². The molecular weight excluding hydrogens is 194 g/mol. The number of H-pyrrole nitrogens is 1. The minimum Gasteiger partial charge on any atom is -0.350 e. The maximum absolute atomic E-state index is 11.5. The normalized spacial score (nSPS) is 11.1. The molecule has 0 aliphatic heterocycles. The quantitative estimate of drug-likeness (QED) is 0.646. The van der Waals surface area contributed by atoms with Crippen molar-refractivity contribution >= 4 is 5.91 Å². The van der Waals surface area contributed by atoms with E-state index in [-0.39, 0.29) is 11.5 Å². The van der Waals surface area contributed by atoms with Crippen LogP contribution >= 0.6 is 0 Å². The van der Waals surface area contributed by atoms with Crippen molar-refractivity contribution in [1.82, 2.24) is 10.3 Å². The number of aromatic amines is 1. The fourth-order valence-electron chi connectivity index (χ4n) is 0.996. The van der Waals surface area contributed by atoms with E-state index in [4.69, 9.17) is 5.73 Å². The zero-order chi connectivity index (χ0) is 11.5. The van der Waals surface area contributed by atoms with Crippen molar-refractivity contribution in [3.63, 3.8) is 0 Å². The van der Waals surface area contributed by atoms with Crippen molar-refractivity contribution in [2.45, 2.75) is 19.4 Å². The first-order chi connectivity index (χ1) is 6.88. The Morgan fingerprint density at radius 2 is 2.27 bits per heavy atom. The molecule has 0 aliphatic rings. The van der Waals surface area contributed by atoms with Crippen molar-refractivity contribution in [2.75, 3.05) is 6.54 Å². The van der Waals surface area contributed by atoms with Gasteiger partial charge in [0, 0.05) is 29.9 Å². The van der Waals surface area contributed by atoms with Gasteiger partial charge in [-0.15, -0.1) is 0 Å². The minimum atomic E-state index is -0.461. The molecule has 0 bridgehead atoms. The predicted molar refractivity (Wildman–Crippen MR) is 57.7 cm³/mol. The van der Waals surface area contributed by atoms with E-state index in [0.717, 1.165) is 0 Å². The second-order valence-electron chi connectivity index (χ2n) is 4.11. The highest BCUT2D eigenvalue weighted by Gasteiger charge is 2.13. The summed E-state index contributed by atoms with van der Waals surface area (Å²) in [5.41, 5.74) is 5.29. The molecule has 1 heterocycles. The third kappa shape index (κ3) is 3.95. The average Bonchev–Trinajstić information content (AvgIpc) is 2.13. The Hall–Kier alpha value is -1.62. The van der Waals surface area contributed by atoms with E-state index in [1.165, 1.54) is 12.3 Å². The number of hydrogen-bond acceptors (Lipinski definition) is 3. The molecule has 0 spiro atoms. The van der Waals surface area contributed by atoms with Gasteiger partial charge in [0.1, 0.15) is 0 Å². The SMILES string of the molecule is CC(C)(N)CNC(=O)c1cc[nH]c(=O)c1. The number of nitrogens with one attached hydrogen (secondary N) is 2. The molecule has 5 nitrogen and oxygen atoms in total. The van der Waals surface area contributed by atoms with Crippen LogP contribution in [0.1, 0.15) is 24.2 Å². The maximum atomic E-state index is 11.5. The summed E-state index contributed by atoms with van der Waals surface area (Å²) >= 11 is 0.